The van der Waals surface area contributed by atoms with E-state index in [1.165, 1.54) is 29.8 Å². The lowest BCUT2D eigenvalue weighted by Gasteiger charge is -2.03. The summed E-state index contributed by atoms with van der Waals surface area (Å²) in [5, 5.41) is 3.94. The van der Waals surface area contributed by atoms with Gasteiger partial charge in [-0.15, -0.1) is 0 Å². The molecule has 0 N–H and O–H groups in total. The first-order valence-electron chi connectivity index (χ1n) is 7.74. The molecule has 3 rings (SSSR count). The summed E-state index contributed by atoms with van der Waals surface area (Å²) in [7, 11) is 1.64. The van der Waals surface area contributed by atoms with Crippen molar-refractivity contribution in [2.45, 2.75) is 19.3 Å². The highest BCUT2D eigenvalue weighted by atomic mass is 19.1. The van der Waals surface area contributed by atoms with Gasteiger partial charge in [0.2, 0.25) is 0 Å². The quantitative estimate of drug-likeness (QED) is 0.470. The Labute approximate surface area is 139 Å². The molecule has 2 atom stereocenters. The lowest BCUT2D eigenvalue weighted by Crippen LogP contribution is -2.05. The highest BCUT2D eigenvalue weighted by Crippen LogP contribution is 2.48. The number of hydrogen-bond acceptors (Lipinski definition) is 4. The predicted octanol–water partition coefficient (Wildman–Crippen LogP) is 4.17. The molecule has 0 amide bonds. The summed E-state index contributed by atoms with van der Waals surface area (Å²) in [4.78, 5) is 16.8. The van der Waals surface area contributed by atoms with Crippen LogP contribution in [-0.4, -0.2) is 18.8 Å². The summed E-state index contributed by atoms with van der Waals surface area (Å²) in [6.07, 6.45) is 0.982. The van der Waals surface area contributed by atoms with Crippen molar-refractivity contribution in [2.24, 2.45) is 11.1 Å². The van der Waals surface area contributed by atoms with E-state index in [1.54, 1.807) is 7.11 Å². The third-order valence-corrected chi connectivity index (χ3v) is 4.22. The van der Waals surface area contributed by atoms with Gasteiger partial charge in [-0.2, -0.15) is 0 Å². The predicted molar refractivity (Wildman–Crippen MR) is 88.8 cm³/mol. The van der Waals surface area contributed by atoms with E-state index in [9.17, 15) is 9.18 Å². The molecule has 0 aliphatic heterocycles. The van der Waals surface area contributed by atoms with Crippen LogP contribution in [0.3, 0.4) is 0 Å². The number of rotatable bonds is 5. The maximum atomic E-state index is 12.8. The molecule has 2 aromatic carbocycles. The van der Waals surface area contributed by atoms with Crippen LogP contribution >= 0.6 is 0 Å². The van der Waals surface area contributed by atoms with Crippen LogP contribution in [0.15, 0.2) is 53.7 Å². The van der Waals surface area contributed by atoms with Crippen LogP contribution in [0.1, 0.15) is 35.2 Å². The Kier molecular flexibility index (Phi) is 4.60. The van der Waals surface area contributed by atoms with Gasteiger partial charge in [0.15, 0.2) is 0 Å². The minimum absolute atomic E-state index is 0.274. The Morgan fingerprint density at radius 2 is 1.79 bits per heavy atom. The zero-order valence-electron chi connectivity index (χ0n) is 13.5. The van der Waals surface area contributed by atoms with Gasteiger partial charge in [0, 0.05) is 5.92 Å². The van der Waals surface area contributed by atoms with Gasteiger partial charge in [-0.25, -0.2) is 9.18 Å². The second kappa shape index (κ2) is 6.83. The number of benzene rings is 2. The van der Waals surface area contributed by atoms with Crippen molar-refractivity contribution in [3.8, 4) is 5.75 Å². The number of hydrogen-bond donors (Lipinski definition) is 0. The fourth-order valence-electron chi connectivity index (χ4n) is 2.70. The summed E-state index contributed by atoms with van der Waals surface area (Å²) in [6.45, 7) is 1.85. The number of halogens is 1. The maximum Gasteiger partial charge on any atom is 0.365 e. The molecule has 0 radical (unpaired) electrons. The third kappa shape index (κ3) is 3.62. The number of carbonyl (C=O) groups is 1. The zero-order chi connectivity index (χ0) is 17.1. The molecule has 1 fully saturated rings. The SMILES string of the molecule is COc1ccc([C@@H]2C[C@@H]2C(C)=NOC(=O)c2ccc(F)cc2)cc1. The number of carbonyl (C=O) groups excluding carboxylic acids is 1. The van der Waals surface area contributed by atoms with Crippen molar-refractivity contribution in [2.75, 3.05) is 7.11 Å². The maximum absolute atomic E-state index is 12.8. The molecule has 0 bridgehead atoms. The molecule has 0 spiro atoms. The van der Waals surface area contributed by atoms with Crippen LogP contribution in [0.5, 0.6) is 5.75 Å². The number of methoxy groups -OCH3 is 1. The van der Waals surface area contributed by atoms with E-state index < -0.39 is 11.8 Å². The van der Waals surface area contributed by atoms with E-state index >= 15 is 0 Å². The molecule has 0 unspecified atom stereocenters. The summed E-state index contributed by atoms with van der Waals surface area (Å²) < 4.78 is 18.0. The summed E-state index contributed by atoms with van der Waals surface area (Å²) in [6, 6.07) is 13.1. The molecular weight excluding hydrogens is 309 g/mol. The first kappa shape index (κ1) is 16.2. The van der Waals surface area contributed by atoms with E-state index in [-0.39, 0.29) is 11.5 Å². The Morgan fingerprint density at radius 1 is 1.12 bits per heavy atom. The topological polar surface area (TPSA) is 47.9 Å². The fraction of sp³-hybridized carbons (Fsp3) is 0.263. The zero-order valence-corrected chi connectivity index (χ0v) is 13.5. The molecule has 1 aliphatic carbocycles. The number of oxime groups is 1. The van der Waals surface area contributed by atoms with E-state index in [4.69, 9.17) is 9.57 Å². The molecule has 0 heterocycles. The summed E-state index contributed by atoms with van der Waals surface area (Å²) in [5.41, 5.74) is 2.28. The molecule has 5 heteroatoms. The van der Waals surface area contributed by atoms with Gasteiger partial charge in [0.1, 0.15) is 11.6 Å². The molecule has 1 aliphatic rings. The minimum Gasteiger partial charge on any atom is -0.497 e. The lowest BCUT2D eigenvalue weighted by atomic mass is 10.1. The Balaban J connectivity index is 1.58. The normalized spacial score (nSPS) is 19.7. The highest BCUT2D eigenvalue weighted by molar-refractivity contribution is 5.91. The molecule has 4 nitrogen and oxygen atoms in total. The van der Waals surface area contributed by atoms with Crippen molar-refractivity contribution in [3.05, 3.63) is 65.5 Å². The monoisotopic (exact) mass is 327 g/mol. The van der Waals surface area contributed by atoms with Crippen molar-refractivity contribution in [1.29, 1.82) is 0 Å². The van der Waals surface area contributed by atoms with Crippen LogP contribution in [0.2, 0.25) is 0 Å². The van der Waals surface area contributed by atoms with Gasteiger partial charge in [0.25, 0.3) is 0 Å². The minimum atomic E-state index is -0.587. The summed E-state index contributed by atoms with van der Waals surface area (Å²) >= 11 is 0. The van der Waals surface area contributed by atoms with Crippen LogP contribution < -0.4 is 4.74 Å². The van der Waals surface area contributed by atoms with Gasteiger partial charge in [0.05, 0.1) is 18.4 Å². The molecule has 2 aromatic rings. The molecule has 124 valence electrons. The molecule has 0 aromatic heterocycles. The Morgan fingerprint density at radius 3 is 2.42 bits per heavy atom. The molecule has 0 saturated heterocycles. The number of ether oxygens (including phenoxy) is 1. The molecular formula is C19H18FNO3. The van der Waals surface area contributed by atoms with Crippen LogP contribution in [0.4, 0.5) is 4.39 Å². The lowest BCUT2D eigenvalue weighted by molar-refractivity contribution is 0.0514. The van der Waals surface area contributed by atoms with Crippen LogP contribution in [-0.2, 0) is 4.84 Å². The fourth-order valence-corrected chi connectivity index (χ4v) is 2.70. The van der Waals surface area contributed by atoms with Crippen molar-refractivity contribution in [1.82, 2.24) is 0 Å². The first-order chi connectivity index (χ1) is 11.6. The van der Waals surface area contributed by atoms with Crippen molar-refractivity contribution < 1.29 is 18.8 Å². The average molecular weight is 327 g/mol. The standard InChI is InChI=1S/C19H18FNO3/c1-12(21-24-19(22)14-3-7-15(20)8-4-14)17-11-18(17)13-5-9-16(23-2)10-6-13/h3-10,17-18H,11H2,1-2H3/t17-,18+/m1/s1. The first-order valence-corrected chi connectivity index (χ1v) is 7.74. The summed E-state index contributed by atoms with van der Waals surface area (Å²) in [5.74, 6) is 0.515. The molecule has 24 heavy (non-hydrogen) atoms. The van der Waals surface area contributed by atoms with Gasteiger partial charge in [-0.3, -0.25) is 0 Å². The van der Waals surface area contributed by atoms with E-state index in [1.807, 2.05) is 31.2 Å². The Hall–Kier alpha value is -2.69. The van der Waals surface area contributed by atoms with E-state index in [2.05, 4.69) is 5.16 Å². The van der Waals surface area contributed by atoms with Gasteiger partial charge < -0.3 is 9.57 Å². The highest BCUT2D eigenvalue weighted by Gasteiger charge is 2.40. The van der Waals surface area contributed by atoms with Crippen molar-refractivity contribution in [3.63, 3.8) is 0 Å². The smallest absolute Gasteiger partial charge is 0.365 e. The largest absolute Gasteiger partial charge is 0.497 e. The van der Waals surface area contributed by atoms with Crippen LogP contribution in [0, 0.1) is 11.7 Å². The van der Waals surface area contributed by atoms with E-state index in [0.29, 0.717) is 5.92 Å². The van der Waals surface area contributed by atoms with E-state index in [0.717, 1.165) is 17.9 Å². The third-order valence-electron chi connectivity index (χ3n) is 4.22. The molecule has 1 saturated carbocycles. The van der Waals surface area contributed by atoms with Gasteiger partial charge in [-0.1, -0.05) is 17.3 Å². The van der Waals surface area contributed by atoms with Gasteiger partial charge in [-0.05, 0) is 61.2 Å². The average Bonchev–Trinajstić information content (AvgIpc) is 3.41. The number of nitrogens with zero attached hydrogens (tertiary/aromatic N) is 1. The second-order valence-electron chi connectivity index (χ2n) is 5.84. The Bertz CT molecular complexity index is 753. The van der Waals surface area contributed by atoms with Crippen molar-refractivity contribution >= 4 is 11.7 Å². The van der Waals surface area contributed by atoms with Crippen LogP contribution in [0.25, 0.3) is 0 Å². The second-order valence-corrected chi connectivity index (χ2v) is 5.84. The van der Waals surface area contributed by atoms with Gasteiger partial charge >= 0.3 is 5.97 Å².